The fourth-order valence-electron chi connectivity index (χ4n) is 2.38. The molecule has 0 aliphatic carbocycles. The lowest BCUT2D eigenvalue weighted by Crippen LogP contribution is -2.42. The molecule has 2 rings (SSSR count). The lowest BCUT2D eigenvalue weighted by atomic mass is 10.0. The van der Waals surface area contributed by atoms with Gasteiger partial charge in [0.1, 0.15) is 0 Å². The topological polar surface area (TPSA) is 46.3 Å². The molecule has 0 unspecified atom stereocenters. The molecule has 0 aromatic heterocycles. The quantitative estimate of drug-likeness (QED) is 0.849. The monoisotopic (exact) mass is 268 g/mol. The third-order valence-electron chi connectivity index (χ3n) is 3.30. The summed E-state index contributed by atoms with van der Waals surface area (Å²) in [6.07, 6.45) is 1.83. The summed E-state index contributed by atoms with van der Waals surface area (Å²) in [4.78, 5) is 14.2. The van der Waals surface area contributed by atoms with E-state index < -0.39 is 0 Å². The molecule has 1 aromatic carbocycles. The number of benzene rings is 1. The van der Waals surface area contributed by atoms with E-state index in [0.29, 0.717) is 0 Å². The number of piperidine rings is 1. The van der Waals surface area contributed by atoms with E-state index in [-0.39, 0.29) is 24.4 Å². The number of nitrogens with two attached hydrogens (primary N) is 1. The third-order valence-corrected chi connectivity index (χ3v) is 3.30. The molecular formula is C14H21ClN2O. The summed E-state index contributed by atoms with van der Waals surface area (Å²) in [6.45, 7) is 5.62. The zero-order valence-electron chi connectivity index (χ0n) is 11.0. The van der Waals surface area contributed by atoms with Crippen LogP contribution in [0, 0.1) is 13.8 Å². The maximum Gasteiger partial charge on any atom is 0.253 e. The van der Waals surface area contributed by atoms with E-state index in [9.17, 15) is 4.79 Å². The summed E-state index contributed by atoms with van der Waals surface area (Å²) < 4.78 is 0. The van der Waals surface area contributed by atoms with E-state index in [1.807, 2.05) is 30.9 Å². The zero-order valence-corrected chi connectivity index (χ0v) is 11.8. The fourth-order valence-corrected chi connectivity index (χ4v) is 2.38. The number of hydrogen-bond acceptors (Lipinski definition) is 2. The zero-order chi connectivity index (χ0) is 12.4. The van der Waals surface area contributed by atoms with Gasteiger partial charge < -0.3 is 10.6 Å². The maximum atomic E-state index is 12.3. The van der Waals surface area contributed by atoms with E-state index in [2.05, 4.69) is 6.07 Å². The van der Waals surface area contributed by atoms with E-state index in [0.717, 1.165) is 42.6 Å². The minimum atomic E-state index is 0. The number of aryl methyl sites for hydroxylation is 2. The maximum absolute atomic E-state index is 12.3. The highest BCUT2D eigenvalue weighted by Crippen LogP contribution is 2.15. The van der Waals surface area contributed by atoms with Gasteiger partial charge in [0.2, 0.25) is 0 Å². The van der Waals surface area contributed by atoms with Gasteiger partial charge in [0, 0.05) is 24.7 Å². The molecule has 1 fully saturated rings. The molecule has 1 amide bonds. The van der Waals surface area contributed by atoms with Gasteiger partial charge in [-0.25, -0.2) is 0 Å². The molecule has 1 aromatic rings. The van der Waals surface area contributed by atoms with Gasteiger partial charge in [-0.15, -0.1) is 12.4 Å². The number of halogens is 1. The van der Waals surface area contributed by atoms with Gasteiger partial charge in [0.15, 0.2) is 0 Å². The van der Waals surface area contributed by atoms with Crippen molar-refractivity contribution in [2.45, 2.75) is 32.7 Å². The van der Waals surface area contributed by atoms with Gasteiger partial charge in [0.05, 0.1) is 0 Å². The number of amides is 1. The minimum Gasteiger partial charge on any atom is -0.339 e. The van der Waals surface area contributed by atoms with Crippen LogP contribution in [0.5, 0.6) is 0 Å². The first kappa shape index (κ1) is 15.0. The molecule has 1 saturated heterocycles. The number of carbonyl (C=O) groups is 1. The van der Waals surface area contributed by atoms with Crippen molar-refractivity contribution >= 4 is 18.3 Å². The Morgan fingerprint density at radius 2 is 1.67 bits per heavy atom. The van der Waals surface area contributed by atoms with Gasteiger partial charge in [-0.1, -0.05) is 17.2 Å². The Morgan fingerprint density at radius 3 is 2.17 bits per heavy atom. The predicted molar refractivity (Wildman–Crippen MR) is 76.3 cm³/mol. The summed E-state index contributed by atoms with van der Waals surface area (Å²) in [6, 6.07) is 6.27. The van der Waals surface area contributed by atoms with Gasteiger partial charge in [-0.3, -0.25) is 4.79 Å². The average molecular weight is 269 g/mol. The number of hydrogen-bond donors (Lipinski definition) is 1. The minimum absolute atomic E-state index is 0. The molecule has 2 N–H and O–H groups in total. The van der Waals surface area contributed by atoms with Crippen LogP contribution in [0.15, 0.2) is 18.2 Å². The van der Waals surface area contributed by atoms with Crippen molar-refractivity contribution in [3.05, 3.63) is 34.9 Å². The normalized spacial score (nSPS) is 16.3. The molecule has 100 valence electrons. The van der Waals surface area contributed by atoms with Crippen molar-refractivity contribution in [2.24, 2.45) is 5.73 Å². The molecule has 0 radical (unpaired) electrons. The highest BCUT2D eigenvalue weighted by Gasteiger charge is 2.21. The molecular weight excluding hydrogens is 248 g/mol. The predicted octanol–water partition coefficient (Wildman–Crippen LogP) is 2.29. The van der Waals surface area contributed by atoms with Crippen molar-refractivity contribution in [3.63, 3.8) is 0 Å². The van der Waals surface area contributed by atoms with E-state index in [1.165, 1.54) is 0 Å². The Labute approximate surface area is 115 Å². The lowest BCUT2D eigenvalue weighted by Gasteiger charge is -2.30. The first-order valence-electron chi connectivity index (χ1n) is 6.19. The molecule has 1 aliphatic heterocycles. The highest BCUT2D eigenvalue weighted by atomic mass is 35.5. The summed E-state index contributed by atoms with van der Waals surface area (Å²) >= 11 is 0. The van der Waals surface area contributed by atoms with E-state index in [4.69, 9.17) is 5.73 Å². The standard InChI is InChI=1S/C14H20N2O.ClH/c1-10-7-11(2)9-12(8-10)14(17)16-5-3-13(15)4-6-16;/h7-9,13H,3-6,15H2,1-2H3;1H. The SMILES string of the molecule is Cc1cc(C)cc(C(=O)N2CCC(N)CC2)c1.Cl. The molecule has 0 saturated carbocycles. The Balaban J connectivity index is 0.00000162. The molecule has 1 heterocycles. The molecule has 1 aliphatic rings. The summed E-state index contributed by atoms with van der Waals surface area (Å²) in [5.74, 6) is 0.142. The van der Waals surface area contributed by atoms with Crippen molar-refractivity contribution < 1.29 is 4.79 Å². The number of rotatable bonds is 1. The first-order chi connectivity index (χ1) is 8.06. The van der Waals surface area contributed by atoms with Crippen molar-refractivity contribution in [3.8, 4) is 0 Å². The average Bonchev–Trinajstić information content (AvgIpc) is 2.28. The summed E-state index contributed by atoms with van der Waals surface area (Å²) in [5.41, 5.74) is 8.93. The smallest absolute Gasteiger partial charge is 0.253 e. The summed E-state index contributed by atoms with van der Waals surface area (Å²) in [7, 11) is 0. The summed E-state index contributed by atoms with van der Waals surface area (Å²) in [5, 5.41) is 0. The number of nitrogens with zero attached hydrogens (tertiary/aromatic N) is 1. The highest BCUT2D eigenvalue weighted by molar-refractivity contribution is 5.94. The van der Waals surface area contributed by atoms with Crippen LogP contribution in [0.25, 0.3) is 0 Å². The molecule has 0 bridgehead atoms. The first-order valence-corrected chi connectivity index (χ1v) is 6.19. The second-order valence-corrected chi connectivity index (χ2v) is 5.01. The fraction of sp³-hybridized carbons (Fsp3) is 0.500. The van der Waals surface area contributed by atoms with Crippen molar-refractivity contribution in [1.82, 2.24) is 4.90 Å². The third kappa shape index (κ3) is 3.47. The van der Waals surface area contributed by atoms with Crippen LogP contribution in [0.3, 0.4) is 0 Å². The molecule has 4 heteroatoms. The van der Waals surface area contributed by atoms with Crippen LogP contribution in [-0.2, 0) is 0 Å². The van der Waals surface area contributed by atoms with Crippen LogP contribution >= 0.6 is 12.4 Å². The van der Waals surface area contributed by atoms with Gasteiger partial charge in [-0.2, -0.15) is 0 Å². The Morgan fingerprint density at radius 1 is 1.17 bits per heavy atom. The van der Waals surface area contributed by atoms with Crippen LogP contribution in [0.4, 0.5) is 0 Å². The number of likely N-dealkylation sites (tertiary alicyclic amines) is 1. The van der Waals surface area contributed by atoms with Crippen LogP contribution in [0.2, 0.25) is 0 Å². The Bertz CT molecular complexity index is 406. The van der Waals surface area contributed by atoms with Crippen LogP contribution in [0.1, 0.15) is 34.3 Å². The largest absolute Gasteiger partial charge is 0.339 e. The molecule has 0 spiro atoms. The van der Waals surface area contributed by atoms with Crippen LogP contribution < -0.4 is 5.73 Å². The lowest BCUT2D eigenvalue weighted by molar-refractivity contribution is 0.0714. The van der Waals surface area contributed by atoms with Gasteiger partial charge in [-0.05, 0) is 38.8 Å². The second-order valence-electron chi connectivity index (χ2n) is 5.01. The number of carbonyl (C=O) groups excluding carboxylic acids is 1. The van der Waals surface area contributed by atoms with Crippen molar-refractivity contribution in [1.29, 1.82) is 0 Å². The van der Waals surface area contributed by atoms with Crippen LogP contribution in [-0.4, -0.2) is 29.9 Å². The molecule has 18 heavy (non-hydrogen) atoms. The Kier molecular flexibility index (Phi) is 5.17. The molecule has 0 atom stereocenters. The van der Waals surface area contributed by atoms with E-state index >= 15 is 0 Å². The van der Waals surface area contributed by atoms with Crippen molar-refractivity contribution in [2.75, 3.05) is 13.1 Å². The van der Waals surface area contributed by atoms with Gasteiger partial charge >= 0.3 is 0 Å². The second kappa shape index (κ2) is 6.21. The van der Waals surface area contributed by atoms with E-state index in [1.54, 1.807) is 0 Å². The Hall–Kier alpha value is -1.06. The van der Waals surface area contributed by atoms with Gasteiger partial charge in [0.25, 0.3) is 5.91 Å². The molecule has 3 nitrogen and oxygen atoms in total.